The van der Waals surface area contributed by atoms with Crippen LogP contribution in [0.15, 0.2) is 0 Å². The van der Waals surface area contributed by atoms with Crippen molar-refractivity contribution >= 4 is 0 Å². The minimum absolute atomic E-state index is 0.0155. The third-order valence-corrected chi connectivity index (χ3v) is 4.77. The van der Waals surface area contributed by atoms with Crippen molar-refractivity contribution in [2.75, 3.05) is 13.1 Å². The maximum absolute atomic E-state index is 10.3. The zero-order valence-electron chi connectivity index (χ0n) is 11.8. The number of hydrogen-bond acceptors (Lipinski definition) is 2. The number of likely N-dealkylation sites (tertiary alicyclic amines) is 1. The Morgan fingerprint density at radius 1 is 1.12 bits per heavy atom. The summed E-state index contributed by atoms with van der Waals surface area (Å²) in [6.07, 6.45) is 8.17. The summed E-state index contributed by atoms with van der Waals surface area (Å²) in [5.41, 5.74) is 0.0155. The molecule has 1 unspecified atom stereocenters. The molecule has 2 heteroatoms. The van der Waals surface area contributed by atoms with Gasteiger partial charge in [-0.2, -0.15) is 0 Å². The molecule has 2 rings (SSSR count). The van der Waals surface area contributed by atoms with Gasteiger partial charge < -0.3 is 5.11 Å². The lowest BCUT2D eigenvalue weighted by Crippen LogP contribution is -2.51. The van der Waals surface area contributed by atoms with Gasteiger partial charge in [0.05, 0.1) is 6.10 Å². The van der Waals surface area contributed by atoms with Crippen molar-refractivity contribution in [3.63, 3.8) is 0 Å². The molecular formula is C15H29NO. The molecule has 1 aliphatic carbocycles. The molecule has 0 aromatic heterocycles. The Hall–Kier alpha value is -0.0800. The van der Waals surface area contributed by atoms with Crippen molar-refractivity contribution in [3.05, 3.63) is 0 Å². The Balaban J connectivity index is 1.95. The van der Waals surface area contributed by atoms with Crippen LogP contribution in [0, 0.1) is 11.3 Å². The van der Waals surface area contributed by atoms with E-state index in [-0.39, 0.29) is 11.5 Å². The van der Waals surface area contributed by atoms with Gasteiger partial charge in [-0.25, -0.2) is 0 Å². The van der Waals surface area contributed by atoms with Crippen LogP contribution >= 0.6 is 0 Å². The smallest absolute Gasteiger partial charge is 0.0715 e. The third-order valence-electron chi connectivity index (χ3n) is 4.77. The molecule has 1 heterocycles. The number of hydrogen-bond donors (Lipinski definition) is 1. The monoisotopic (exact) mass is 239 g/mol. The molecule has 0 amide bonds. The van der Waals surface area contributed by atoms with E-state index in [4.69, 9.17) is 0 Å². The van der Waals surface area contributed by atoms with Gasteiger partial charge in [0.1, 0.15) is 0 Å². The van der Waals surface area contributed by atoms with E-state index < -0.39 is 0 Å². The third kappa shape index (κ3) is 3.23. The van der Waals surface area contributed by atoms with Crippen molar-refractivity contribution < 1.29 is 5.11 Å². The number of nitrogens with zero attached hydrogens (tertiary/aromatic N) is 1. The van der Waals surface area contributed by atoms with E-state index in [0.717, 1.165) is 18.5 Å². The molecule has 17 heavy (non-hydrogen) atoms. The van der Waals surface area contributed by atoms with E-state index in [9.17, 15) is 5.11 Å². The Bertz CT molecular complexity index is 244. The van der Waals surface area contributed by atoms with E-state index in [2.05, 4.69) is 25.7 Å². The van der Waals surface area contributed by atoms with E-state index in [1.54, 1.807) is 0 Å². The predicted molar refractivity (Wildman–Crippen MR) is 72.0 cm³/mol. The first-order chi connectivity index (χ1) is 7.98. The zero-order chi connectivity index (χ0) is 12.5. The SMILES string of the molecule is CC(C)(C)C(O)CN1CCC[C@H]2CCCC[C@H]21. The fraction of sp³-hybridized carbons (Fsp3) is 1.00. The maximum Gasteiger partial charge on any atom is 0.0715 e. The normalized spacial score (nSPS) is 33.2. The molecule has 1 saturated carbocycles. The second-order valence-electron chi connectivity index (χ2n) is 7.13. The van der Waals surface area contributed by atoms with Gasteiger partial charge in [0, 0.05) is 12.6 Å². The number of rotatable bonds is 2. The van der Waals surface area contributed by atoms with E-state index in [1.807, 2.05) is 0 Å². The van der Waals surface area contributed by atoms with Crippen LogP contribution in [-0.2, 0) is 0 Å². The second kappa shape index (κ2) is 5.27. The van der Waals surface area contributed by atoms with Crippen LogP contribution in [0.4, 0.5) is 0 Å². The van der Waals surface area contributed by atoms with Crippen molar-refractivity contribution in [1.82, 2.24) is 4.90 Å². The maximum atomic E-state index is 10.3. The highest BCUT2D eigenvalue weighted by atomic mass is 16.3. The lowest BCUT2D eigenvalue weighted by atomic mass is 9.77. The summed E-state index contributed by atoms with van der Waals surface area (Å²) in [7, 11) is 0. The van der Waals surface area contributed by atoms with Gasteiger partial charge in [0.15, 0.2) is 0 Å². The minimum atomic E-state index is -0.192. The largest absolute Gasteiger partial charge is 0.391 e. The van der Waals surface area contributed by atoms with Crippen molar-refractivity contribution in [2.24, 2.45) is 11.3 Å². The standard InChI is InChI=1S/C15H29NO/c1-15(2,3)14(17)11-16-10-6-8-12-7-4-5-9-13(12)16/h12-14,17H,4-11H2,1-3H3/t12-,13-,14?/m1/s1. The fourth-order valence-corrected chi connectivity index (χ4v) is 3.45. The average molecular weight is 239 g/mol. The summed E-state index contributed by atoms with van der Waals surface area (Å²) < 4.78 is 0. The van der Waals surface area contributed by atoms with Crippen LogP contribution in [-0.4, -0.2) is 35.2 Å². The summed E-state index contributed by atoms with van der Waals surface area (Å²) in [5.74, 6) is 0.921. The van der Waals surface area contributed by atoms with Gasteiger partial charge in [0.25, 0.3) is 0 Å². The molecule has 0 radical (unpaired) electrons. The molecule has 1 saturated heterocycles. The van der Waals surface area contributed by atoms with E-state index in [0.29, 0.717) is 0 Å². The average Bonchev–Trinajstić information content (AvgIpc) is 2.28. The molecule has 2 nitrogen and oxygen atoms in total. The van der Waals surface area contributed by atoms with E-state index in [1.165, 1.54) is 45.1 Å². The van der Waals surface area contributed by atoms with Crippen LogP contribution in [0.25, 0.3) is 0 Å². The summed E-state index contributed by atoms with van der Waals surface area (Å²) in [4.78, 5) is 2.59. The van der Waals surface area contributed by atoms with Gasteiger partial charge in [-0.15, -0.1) is 0 Å². The van der Waals surface area contributed by atoms with Crippen LogP contribution in [0.3, 0.4) is 0 Å². The molecule has 0 bridgehead atoms. The Kier molecular flexibility index (Phi) is 4.14. The highest BCUT2D eigenvalue weighted by Crippen LogP contribution is 2.36. The van der Waals surface area contributed by atoms with Gasteiger partial charge >= 0.3 is 0 Å². The lowest BCUT2D eigenvalue weighted by Gasteiger charge is -2.46. The number of aliphatic hydroxyl groups is 1. The first kappa shape index (κ1) is 13.4. The number of aliphatic hydroxyl groups excluding tert-OH is 1. The van der Waals surface area contributed by atoms with Gasteiger partial charge in [-0.05, 0) is 43.6 Å². The molecule has 3 atom stereocenters. The van der Waals surface area contributed by atoms with Crippen molar-refractivity contribution in [3.8, 4) is 0 Å². The number of piperidine rings is 1. The Labute approximate surface area is 106 Å². The molecule has 0 aromatic rings. The highest BCUT2D eigenvalue weighted by molar-refractivity contribution is 4.89. The molecule has 0 spiro atoms. The van der Waals surface area contributed by atoms with Crippen molar-refractivity contribution in [2.45, 2.75) is 71.4 Å². The lowest BCUT2D eigenvalue weighted by molar-refractivity contribution is -0.0169. The van der Waals surface area contributed by atoms with Crippen LogP contribution in [0.5, 0.6) is 0 Å². The molecule has 1 aliphatic heterocycles. The summed E-state index contributed by atoms with van der Waals surface area (Å²) in [5, 5.41) is 10.3. The van der Waals surface area contributed by atoms with Crippen molar-refractivity contribution in [1.29, 1.82) is 0 Å². The van der Waals surface area contributed by atoms with Gasteiger partial charge in [-0.3, -0.25) is 4.90 Å². The Morgan fingerprint density at radius 2 is 1.76 bits per heavy atom. The van der Waals surface area contributed by atoms with Gasteiger partial charge in [-0.1, -0.05) is 33.6 Å². The topological polar surface area (TPSA) is 23.5 Å². The fourth-order valence-electron chi connectivity index (χ4n) is 3.45. The molecule has 0 aromatic carbocycles. The quantitative estimate of drug-likeness (QED) is 0.800. The molecule has 2 aliphatic rings. The second-order valence-corrected chi connectivity index (χ2v) is 7.13. The first-order valence-corrected chi connectivity index (χ1v) is 7.40. The van der Waals surface area contributed by atoms with Crippen LogP contribution in [0.1, 0.15) is 59.3 Å². The Morgan fingerprint density at radius 3 is 2.47 bits per heavy atom. The molecular weight excluding hydrogens is 210 g/mol. The van der Waals surface area contributed by atoms with E-state index >= 15 is 0 Å². The highest BCUT2D eigenvalue weighted by Gasteiger charge is 2.35. The summed E-state index contributed by atoms with van der Waals surface area (Å²) >= 11 is 0. The number of β-amino-alcohol motifs (C(OH)–C–C–N with tert-alkyl or cyclic N) is 1. The molecule has 1 N–H and O–H groups in total. The zero-order valence-corrected chi connectivity index (χ0v) is 11.8. The summed E-state index contributed by atoms with van der Waals surface area (Å²) in [6, 6.07) is 0.773. The molecule has 2 fully saturated rings. The molecule has 100 valence electrons. The van der Waals surface area contributed by atoms with Crippen LogP contribution in [0.2, 0.25) is 0 Å². The summed E-state index contributed by atoms with van der Waals surface area (Å²) in [6.45, 7) is 8.50. The van der Waals surface area contributed by atoms with Crippen LogP contribution < -0.4 is 0 Å². The minimum Gasteiger partial charge on any atom is -0.391 e. The first-order valence-electron chi connectivity index (χ1n) is 7.40. The van der Waals surface area contributed by atoms with Gasteiger partial charge in [0.2, 0.25) is 0 Å². The predicted octanol–water partition coefficient (Wildman–Crippen LogP) is 3.05. The number of fused-ring (bicyclic) bond motifs is 1.